The van der Waals surface area contributed by atoms with Gasteiger partial charge >= 0.3 is 5.97 Å². The zero-order valence-electron chi connectivity index (χ0n) is 15.5. The van der Waals surface area contributed by atoms with E-state index in [1.54, 1.807) is 28.8 Å². The maximum absolute atomic E-state index is 13.5. The van der Waals surface area contributed by atoms with Gasteiger partial charge in [-0.1, -0.05) is 0 Å². The quantitative estimate of drug-likeness (QED) is 0.733. The van der Waals surface area contributed by atoms with E-state index in [0.717, 1.165) is 11.1 Å². The number of piperidine rings is 1. The van der Waals surface area contributed by atoms with Gasteiger partial charge in [0, 0.05) is 25.5 Å². The summed E-state index contributed by atoms with van der Waals surface area (Å²) >= 11 is 0. The molecule has 2 atom stereocenters. The Hall–Kier alpha value is -3.02. The summed E-state index contributed by atoms with van der Waals surface area (Å²) in [6, 6.07) is 2.17. The summed E-state index contributed by atoms with van der Waals surface area (Å²) in [5.41, 5.74) is 2.14. The van der Waals surface area contributed by atoms with Crippen LogP contribution in [0.1, 0.15) is 34.1 Å². The van der Waals surface area contributed by atoms with E-state index >= 15 is 0 Å². The van der Waals surface area contributed by atoms with E-state index in [2.05, 4.69) is 16.0 Å². The van der Waals surface area contributed by atoms with Crippen LogP contribution in [0.25, 0.3) is 0 Å². The first kappa shape index (κ1) is 18.3. The lowest BCUT2D eigenvalue weighted by Gasteiger charge is -2.23. The lowest BCUT2D eigenvalue weighted by molar-refractivity contribution is 0.0520. The summed E-state index contributed by atoms with van der Waals surface area (Å²) in [6.07, 6.45) is 4.74. The number of aromatic nitrogens is 3. The van der Waals surface area contributed by atoms with Crippen molar-refractivity contribution in [3.8, 4) is 6.07 Å². The van der Waals surface area contributed by atoms with Crippen LogP contribution in [0.2, 0.25) is 0 Å². The van der Waals surface area contributed by atoms with E-state index in [-0.39, 0.29) is 25.4 Å². The predicted octanol–water partition coefficient (Wildman–Crippen LogP) is 2.38. The van der Waals surface area contributed by atoms with E-state index in [1.165, 1.54) is 6.33 Å². The molecule has 0 radical (unpaired) electrons. The van der Waals surface area contributed by atoms with Crippen molar-refractivity contribution in [2.75, 3.05) is 24.6 Å². The molecule has 2 unspecified atom stereocenters. The Morgan fingerprint density at radius 2 is 2.11 bits per heavy atom. The van der Waals surface area contributed by atoms with E-state index < -0.39 is 23.7 Å². The van der Waals surface area contributed by atoms with Crippen molar-refractivity contribution in [1.82, 2.24) is 14.5 Å². The molecule has 28 heavy (non-hydrogen) atoms. The standard InChI is InChI=1S/C19H19F2N5O2/c1-3-28-18(27)16-9-25(10-24-16)6-12-5-23-17(13(4-22)11(12)2)26-7-14-15(8-26)19(14,20)21/h5,9-10,14-15H,3,6-8H2,1-2H3. The number of ether oxygens (including phenoxy) is 1. The zero-order valence-corrected chi connectivity index (χ0v) is 15.5. The van der Waals surface area contributed by atoms with Crippen LogP contribution in [-0.4, -0.2) is 46.1 Å². The number of carbonyl (C=O) groups is 1. The molecule has 9 heteroatoms. The van der Waals surface area contributed by atoms with Crippen LogP contribution in [0.15, 0.2) is 18.7 Å². The van der Waals surface area contributed by atoms with Crippen molar-refractivity contribution in [3.63, 3.8) is 0 Å². The monoisotopic (exact) mass is 387 g/mol. The summed E-state index contributed by atoms with van der Waals surface area (Å²) in [6.45, 7) is 4.63. The van der Waals surface area contributed by atoms with Crippen molar-refractivity contribution >= 4 is 11.8 Å². The minimum atomic E-state index is -2.57. The predicted molar refractivity (Wildman–Crippen MR) is 95.1 cm³/mol. The van der Waals surface area contributed by atoms with Gasteiger partial charge in [-0.25, -0.2) is 23.5 Å². The SMILES string of the molecule is CCOC(=O)c1cn(Cc2cnc(N3CC4C(C3)C4(F)F)c(C#N)c2C)cn1. The Kier molecular flexibility index (Phi) is 4.29. The molecule has 3 heterocycles. The van der Waals surface area contributed by atoms with Gasteiger partial charge in [0.15, 0.2) is 5.69 Å². The van der Waals surface area contributed by atoms with E-state index in [1.807, 2.05) is 6.92 Å². The average molecular weight is 387 g/mol. The molecule has 1 aliphatic carbocycles. The van der Waals surface area contributed by atoms with Gasteiger partial charge in [-0.15, -0.1) is 0 Å². The third-order valence-corrected chi connectivity index (χ3v) is 5.50. The molecule has 1 aliphatic heterocycles. The van der Waals surface area contributed by atoms with Crippen molar-refractivity contribution in [2.45, 2.75) is 26.3 Å². The highest BCUT2D eigenvalue weighted by Gasteiger charge is 2.71. The van der Waals surface area contributed by atoms with Crippen molar-refractivity contribution in [3.05, 3.63) is 41.1 Å². The molecule has 1 saturated heterocycles. The number of hydrogen-bond acceptors (Lipinski definition) is 6. The largest absolute Gasteiger partial charge is 0.461 e. The number of imidazole rings is 1. The van der Waals surface area contributed by atoms with Gasteiger partial charge in [0.1, 0.15) is 11.9 Å². The van der Waals surface area contributed by atoms with Gasteiger partial charge in [-0.3, -0.25) is 0 Å². The number of hydrogen-bond donors (Lipinski definition) is 0. The first-order chi connectivity index (χ1) is 13.4. The van der Waals surface area contributed by atoms with Crippen LogP contribution in [-0.2, 0) is 11.3 Å². The van der Waals surface area contributed by atoms with Crippen LogP contribution in [0.3, 0.4) is 0 Å². The lowest BCUT2D eigenvalue weighted by atomic mass is 10.1. The number of nitriles is 1. The van der Waals surface area contributed by atoms with Gasteiger partial charge in [0.25, 0.3) is 5.92 Å². The lowest BCUT2D eigenvalue weighted by Crippen LogP contribution is -2.29. The third kappa shape index (κ3) is 2.89. The number of halogens is 2. The second-order valence-electron chi connectivity index (χ2n) is 7.16. The maximum atomic E-state index is 13.5. The van der Waals surface area contributed by atoms with Gasteiger partial charge < -0.3 is 14.2 Å². The molecule has 0 amide bonds. The summed E-state index contributed by atoms with van der Waals surface area (Å²) in [7, 11) is 0. The molecule has 0 spiro atoms. The molecule has 2 fully saturated rings. The molecule has 7 nitrogen and oxygen atoms in total. The molecular weight excluding hydrogens is 368 g/mol. The average Bonchev–Trinajstić information content (AvgIpc) is 3.12. The van der Waals surface area contributed by atoms with Gasteiger partial charge in [0.05, 0.1) is 36.9 Å². The number of carbonyl (C=O) groups excluding carboxylic acids is 1. The number of esters is 1. The molecule has 2 aromatic rings. The van der Waals surface area contributed by atoms with Crippen LogP contribution in [0, 0.1) is 30.1 Å². The number of fused-ring (bicyclic) bond motifs is 1. The van der Waals surface area contributed by atoms with Crippen LogP contribution in [0.4, 0.5) is 14.6 Å². The maximum Gasteiger partial charge on any atom is 0.358 e. The molecule has 146 valence electrons. The second kappa shape index (κ2) is 6.55. The van der Waals surface area contributed by atoms with Crippen LogP contribution in [0.5, 0.6) is 0 Å². The number of anilines is 1. The smallest absolute Gasteiger partial charge is 0.358 e. The Bertz CT molecular complexity index is 967. The second-order valence-corrected chi connectivity index (χ2v) is 7.16. The highest BCUT2D eigenvalue weighted by molar-refractivity contribution is 5.86. The number of nitrogens with zero attached hydrogens (tertiary/aromatic N) is 5. The van der Waals surface area contributed by atoms with Gasteiger partial charge in [0.2, 0.25) is 0 Å². The first-order valence-electron chi connectivity index (χ1n) is 9.07. The third-order valence-electron chi connectivity index (χ3n) is 5.50. The Labute approximate surface area is 160 Å². The molecule has 4 rings (SSSR count). The number of pyridine rings is 1. The van der Waals surface area contributed by atoms with Crippen LogP contribution >= 0.6 is 0 Å². The fraction of sp³-hybridized carbons (Fsp3) is 0.474. The summed E-state index contributed by atoms with van der Waals surface area (Å²) in [4.78, 5) is 21.9. The van der Waals surface area contributed by atoms with Crippen molar-refractivity contribution < 1.29 is 18.3 Å². The fourth-order valence-electron chi connectivity index (χ4n) is 3.80. The van der Waals surface area contributed by atoms with E-state index in [4.69, 9.17) is 4.74 Å². The van der Waals surface area contributed by atoms with Gasteiger partial charge in [-0.2, -0.15) is 5.26 Å². The summed E-state index contributed by atoms with van der Waals surface area (Å²) in [5, 5.41) is 9.62. The Morgan fingerprint density at radius 1 is 1.39 bits per heavy atom. The Morgan fingerprint density at radius 3 is 2.75 bits per heavy atom. The normalized spacial score (nSPS) is 21.9. The zero-order chi connectivity index (χ0) is 20.1. The highest BCUT2D eigenvalue weighted by Crippen LogP contribution is 2.59. The molecular formula is C19H19F2N5O2. The molecule has 1 saturated carbocycles. The van der Waals surface area contributed by atoms with Crippen LogP contribution < -0.4 is 4.90 Å². The van der Waals surface area contributed by atoms with Crippen molar-refractivity contribution in [1.29, 1.82) is 5.26 Å². The molecule has 2 aliphatic rings. The van der Waals surface area contributed by atoms with E-state index in [9.17, 15) is 18.8 Å². The fourth-order valence-corrected chi connectivity index (χ4v) is 3.80. The minimum absolute atomic E-state index is 0.210. The van der Waals surface area contributed by atoms with Crippen molar-refractivity contribution in [2.24, 2.45) is 11.8 Å². The summed E-state index contributed by atoms with van der Waals surface area (Å²) in [5.74, 6) is -3.87. The topological polar surface area (TPSA) is 84.0 Å². The summed E-state index contributed by atoms with van der Waals surface area (Å²) < 4.78 is 33.5. The number of alkyl halides is 2. The van der Waals surface area contributed by atoms with Gasteiger partial charge in [-0.05, 0) is 25.0 Å². The molecule has 0 N–H and O–H groups in total. The molecule has 0 bridgehead atoms. The first-order valence-corrected chi connectivity index (χ1v) is 9.07. The van der Waals surface area contributed by atoms with E-state index in [0.29, 0.717) is 17.9 Å². The molecule has 2 aromatic heterocycles. The molecule has 0 aromatic carbocycles. The minimum Gasteiger partial charge on any atom is -0.461 e. The highest BCUT2D eigenvalue weighted by atomic mass is 19.3. The number of rotatable bonds is 5. The Balaban J connectivity index is 1.54.